The maximum atomic E-state index is 12.3. The monoisotopic (exact) mass is 393 g/mol. The Morgan fingerprint density at radius 1 is 0.933 bits per heavy atom. The van der Waals surface area contributed by atoms with Gasteiger partial charge in [0.25, 0.3) is 5.91 Å². The Morgan fingerprint density at radius 2 is 1.63 bits per heavy atom. The third kappa shape index (κ3) is 5.58. The van der Waals surface area contributed by atoms with Gasteiger partial charge in [-0.2, -0.15) is 10.5 Å². The number of nitriles is 2. The molecule has 1 N–H and O–H groups in total. The maximum Gasteiger partial charge on any atom is 0.262 e. The van der Waals surface area contributed by atoms with Gasteiger partial charge in [0.1, 0.15) is 24.0 Å². The molecule has 0 aliphatic heterocycles. The minimum Gasteiger partial charge on any atom is -0.489 e. The van der Waals surface area contributed by atoms with Gasteiger partial charge in [0.15, 0.2) is 0 Å². The molecule has 3 rings (SSSR count). The maximum absolute atomic E-state index is 12.3. The van der Waals surface area contributed by atoms with E-state index in [0.717, 1.165) is 11.1 Å². The first-order valence-corrected chi connectivity index (χ1v) is 9.34. The number of amides is 1. The van der Waals surface area contributed by atoms with Crippen molar-refractivity contribution >= 4 is 12.0 Å². The normalized spacial score (nSPS) is 10.5. The Balaban J connectivity index is 1.61. The molecule has 0 saturated carbocycles. The summed E-state index contributed by atoms with van der Waals surface area (Å²) < 4.78 is 5.74. The zero-order valence-corrected chi connectivity index (χ0v) is 16.2. The lowest BCUT2D eigenvalue weighted by molar-refractivity contribution is -0.117. The summed E-state index contributed by atoms with van der Waals surface area (Å²) in [4.78, 5) is 12.3. The SMILES string of the molecule is N#C/C(=C\c1ccc(OCc2ccccc2C#N)cc1)C(=O)NCc1ccccc1. The first-order chi connectivity index (χ1) is 14.7. The molecule has 5 nitrogen and oxygen atoms in total. The predicted molar refractivity (Wildman–Crippen MR) is 114 cm³/mol. The highest BCUT2D eigenvalue weighted by molar-refractivity contribution is 6.01. The molecule has 0 spiro atoms. The van der Waals surface area contributed by atoms with Gasteiger partial charge in [-0.3, -0.25) is 4.79 Å². The summed E-state index contributed by atoms with van der Waals surface area (Å²) in [5.74, 6) is 0.210. The highest BCUT2D eigenvalue weighted by atomic mass is 16.5. The highest BCUT2D eigenvalue weighted by Crippen LogP contribution is 2.17. The summed E-state index contributed by atoms with van der Waals surface area (Å²) in [6.07, 6.45) is 1.54. The number of benzene rings is 3. The minimum atomic E-state index is -0.421. The van der Waals surface area contributed by atoms with E-state index in [1.54, 1.807) is 30.3 Å². The van der Waals surface area contributed by atoms with Crippen molar-refractivity contribution in [2.45, 2.75) is 13.2 Å². The summed E-state index contributed by atoms with van der Waals surface area (Å²) >= 11 is 0. The van der Waals surface area contributed by atoms with Crippen molar-refractivity contribution in [2.75, 3.05) is 0 Å². The van der Waals surface area contributed by atoms with E-state index in [1.165, 1.54) is 6.08 Å². The number of hydrogen-bond acceptors (Lipinski definition) is 4. The van der Waals surface area contributed by atoms with E-state index in [0.29, 0.717) is 23.4 Å². The van der Waals surface area contributed by atoms with Crippen LogP contribution in [0.25, 0.3) is 6.08 Å². The quantitative estimate of drug-likeness (QED) is 0.477. The van der Waals surface area contributed by atoms with Gasteiger partial charge < -0.3 is 10.1 Å². The highest BCUT2D eigenvalue weighted by Gasteiger charge is 2.09. The van der Waals surface area contributed by atoms with Crippen molar-refractivity contribution in [1.82, 2.24) is 5.32 Å². The Kier molecular flexibility index (Phi) is 6.97. The zero-order valence-electron chi connectivity index (χ0n) is 16.2. The number of ether oxygens (including phenoxy) is 1. The average molecular weight is 393 g/mol. The van der Waals surface area contributed by atoms with Crippen LogP contribution in [0.3, 0.4) is 0 Å². The fraction of sp³-hybridized carbons (Fsp3) is 0.0800. The van der Waals surface area contributed by atoms with Crippen molar-refractivity contribution in [2.24, 2.45) is 0 Å². The molecule has 5 heteroatoms. The molecule has 0 aliphatic rings. The first kappa shape index (κ1) is 20.4. The van der Waals surface area contributed by atoms with E-state index in [-0.39, 0.29) is 12.2 Å². The number of rotatable bonds is 7. The van der Waals surface area contributed by atoms with E-state index in [2.05, 4.69) is 11.4 Å². The third-order valence-electron chi connectivity index (χ3n) is 4.38. The van der Waals surface area contributed by atoms with Crippen molar-refractivity contribution < 1.29 is 9.53 Å². The van der Waals surface area contributed by atoms with Crippen LogP contribution in [0.5, 0.6) is 5.75 Å². The standard InChI is InChI=1S/C25H19N3O2/c26-15-21-8-4-5-9-22(21)18-30-24-12-10-19(11-13-24)14-23(16-27)25(29)28-17-20-6-2-1-3-7-20/h1-14H,17-18H2,(H,28,29)/b23-14+. The van der Waals surface area contributed by atoms with Crippen molar-refractivity contribution in [3.8, 4) is 17.9 Å². The molecule has 30 heavy (non-hydrogen) atoms. The topological polar surface area (TPSA) is 85.9 Å². The van der Waals surface area contributed by atoms with Gasteiger partial charge in [0.2, 0.25) is 0 Å². The molecule has 146 valence electrons. The molecule has 0 bridgehead atoms. The molecule has 0 aliphatic carbocycles. The molecular formula is C25H19N3O2. The van der Waals surface area contributed by atoms with Crippen molar-refractivity contribution in [3.05, 3.63) is 107 Å². The fourth-order valence-corrected chi connectivity index (χ4v) is 2.77. The second-order valence-electron chi connectivity index (χ2n) is 6.46. The molecule has 0 unspecified atom stereocenters. The van der Waals surface area contributed by atoms with Crippen LogP contribution in [-0.4, -0.2) is 5.91 Å². The molecule has 3 aromatic rings. The predicted octanol–water partition coefficient (Wildman–Crippen LogP) is 4.36. The molecule has 0 saturated heterocycles. The van der Waals surface area contributed by atoms with Gasteiger partial charge >= 0.3 is 0 Å². The van der Waals surface area contributed by atoms with Crippen LogP contribution in [0.1, 0.15) is 22.3 Å². The van der Waals surface area contributed by atoms with Gasteiger partial charge in [0, 0.05) is 12.1 Å². The van der Waals surface area contributed by atoms with Crippen molar-refractivity contribution in [3.63, 3.8) is 0 Å². The number of nitrogens with zero attached hydrogens (tertiary/aromatic N) is 2. The second-order valence-corrected chi connectivity index (χ2v) is 6.46. The van der Waals surface area contributed by atoms with Crippen LogP contribution in [0.4, 0.5) is 0 Å². The van der Waals surface area contributed by atoms with E-state index >= 15 is 0 Å². The largest absolute Gasteiger partial charge is 0.489 e. The third-order valence-corrected chi connectivity index (χ3v) is 4.38. The van der Waals surface area contributed by atoms with E-state index < -0.39 is 5.91 Å². The fourth-order valence-electron chi connectivity index (χ4n) is 2.77. The summed E-state index contributed by atoms with van der Waals surface area (Å²) in [6, 6.07) is 27.9. The van der Waals surface area contributed by atoms with Crippen LogP contribution in [0.2, 0.25) is 0 Å². The summed E-state index contributed by atoms with van der Waals surface area (Å²) in [5, 5.41) is 21.2. The van der Waals surface area contributed by atoms with Crippen LogP contribution in [0, 0.1) is 22.7 Å². The Morgan fingerprint density at radius 3 is 2.33 bits per heavy atom. The molecule has 0 radical (unpaired) electrons. The average Bonchev–Trinajstić information content (AvgIpc) is 2.81. The summed E-state index contributed by atoms with van der Waals surface area (Å²) in [6.45, 7) is 0.639. The summed E-state index contributed by atoms with van der Waals surface area (Å²) in [5.41, 5.74) is 3.10. The van der Waals surface area contributed by atoms with Gasteiger partial charge in [-0.15, -0.1) is 0 Å². The van der Waals surface area contributed by atoms with E-state index in [9.17, 15) is 10.1 Å². The van der Waals surface area contributed by atoms with Gasteiger partial charge in [0.05, 0.1) is 11.6 Å². The van der Waals surface area contributed by atoms with Crippen LogP contribution in [-0.2, 0) is 17.9 Å². The smallest absolute Gasteiger partial charge is 0.262 e. The van der Waals surface area contributed by atoms with Gasteiger partial charge in [-0.05, 0) is 35.4 Å². The van der Waals surface area contributed by atoms with E-state index in [1.807, 2.05) is 54.6 Å². The number of carbonyl (C=O) groups is 1. The summed E-state index contributed by atoms with van der Waals surface area (Å²) in [7, 11) is 0. The van der Waals surface area contributed by atoms with Crippen LogP contribution >= 0.6 is 0 Å². The van der Waals surface area contributed by atoms with Gasteiger partial charge in [-0.25, -0.2) is 0 Å². The molecule has 0 heterocycles. The second kappa shape index (κ2) is 10.3. The zero-order chi connectivity index (χ0) is 21.2. The molecule has 3 aromatic carbocycles. The number of nitrogens with one attached hydrogen (secondary N) is 1. The lowest BCUT2D eigenvalue weighted by atomic mass is 10.1. The van der Waals surface area contributed by atoms with Crippen LogP contribution < -0.4 is 10.1 Å². The van der Waals surface area contributed by atoms with Crippen LogP contribution in [0.15, 0.2) is 84.4 Å². The lowest BCUT2D eigenvalue weighted by Crippen LogP contribution is -2.23. The molecule has 0 fully saturated rings. The van der Waals surface area contributed by atoms with E-state index in [4.69, 9.17) is 10.00 Å². The Labute approximate surface area is 175 Å². The van der Waals surface area contributed by atoms with Gasteiger partial charge in [-0.1, -0.05) is 60.7 Å². The Hall–Kier alpha value is -4.35. The molecule has 0 aromatic heterocycles. The Bertz CT molecular complexity index is 1120. The minimum absolute atomic E-state index is 0.0301. The molecule has 0 atom stereocenters. The molecular weight excluding hydrogens is 374 g/mol. The molecule has 1 amide bonds. The number of carbonyl (C=O) groups excluding carboxylic acids is 1. The van der Waals surface area contributed by atoms with Crippen molar-refractivity contribution in [1.29, 1.82) is 10.5 Å². The number of hydrogen-bond donors (Lipinski definition) is 1. The first-order valence-electron chi connectivity index (χ1n) is 9.34. The lowest BCUT2D eigenvalue weighted by Gasteiger charge is -2.08.